The van der Waals surface area contributed by atoms with E-state index in [0.717, 1.165) is 12.8 Å². The van der Waals surface area contributed by atoms with E-state index in [9.17, 15) is 9.59 Å². The fourth-order valence-corrected chi connectivity index (χ4v) is 1.54. The summed E-state index contributed by atoms with van der Waals surface area (Å²) >= 11 is 0. The van der Waals surface area contributed by atoms with Gasteiger partial charge in [-0.2, -0.15) is 0 Å². The molecule has 0 aromatic rings. The molecule has 1 aliphatic carbocycles. The van der Waals surface area contributed by atoms with Crippen LogP contribution in [0.15, 0.2) is 0 Å². The molecular formula is C12H22N2O3. The van der Waals surface area contributed by atoms with Crippen LogP contribution in [0.2, 0.25) is 0 Å². The number of hydrogen-bond donors (Lipinski definition) is 1. The zero-order valence-corrected chi connectivity index (χ0v) is 10.9. The van der Waals surface area contributed by atoms with Gasteiger partial charge in [0.05, 0.1) is 20.1 Å². The van der Waals surface area contributed by atoms with Crippen molar-refractivity contribution in [2.24, 2.45) is 0 Å². The van der Waals surface area contributed by atoms with Gasteiger partial charge in [0.1, 0.15) is 0 Å². The Morgan fingerprint density at radius 3 is 2.53 bits per heavy atom. The first-order valence-corrected chi connectivity index (χ1v) is 6.13. The Hall–Kier alpha value is -1.10. The van der Waals surface area contributed by atoms with Crippen molar-refractivity contribution in [2.45, 2.75) is 45.2 Å². The Bertz CT molecular complexity index is 275. The molecule has 0 atom stereocenters. The van der Waals surface area contributed by atoms with E-state index >= 15 is 0 Å². The summed E-state index contributed by atoms with van der Waals surface area (Å²) in [6.07, 6.45) is 2.51. The first-order valence-electron chi connectivity index (χ1n) is 6.13. The van der Waals surface area contributed by atoms with Gasteiger partial charge in [-0.05, 0) is 26.7 Å². The summed E-state index contributed by atoms with van der Waals surface area (Å²) in [6.45, 7) is 4.94. The standard InChI is InChI=1S/C12H22N2O3/c1-9(2)14(7-6-12(16)17-3)8-11(15)13-10-4-5-10/h9-10H,4-8H2,1-3H3,(H,13,15). The Morgan fingerprint density at radius 2 is 2.06 bits per heavy atom. The van der Waals surface area contributed by atoms with E-state index < -0.39 is 0 Å². The van der Waals surface area contributed by atoms with Gasteiger partial charge in [-0.25, -0.2) is 0 Å². The number of methoxy groups -OCH3 is 1. The minimum Gasteiger partial charge on any atom is -0.469 e. The second-order valence-corrected chi connectivity index (χ2v) is 4.73. The summed E-state index contributed by atoms with van der Waals surface area (Å²) in [7, 11) is 1.38. The fraction of sp³-hybridized carbons (Fsp3) is 0.833. The highest BCUT2D eigenvalue weighted by molar-refractivity contribution is 5.78. The minimum absolute atomic E-state index is 0.0473. The van der Waals surface area contributed by atoms with E-state index in [0.29, 0.717) is 25.6 Å². The number of rotatable bonds is 7. The second-order valence-electron chi connectivity index (χ2n) is 4.73. The number of hydrogen-bond acceptors (Lipinski definition) is 4. The molecular weight excluding hydrogens is 220 g/mol. The third-order valence-electron chi connectivity index (χ3n) is 2.85. The highest BCUT2D eigenvalue weighted by Crippen LogP contribution is 2.18. The average molecular weight is 242 g/mol. The minimum atomic E-state index is -0.238. The predicted molar refractivity (Wildman–Crippen MR) is 64.5 cm³/mol. The first kappa shape index (κ1) is 14.0. The molecule has 1 aliphatic rings. The molecule has 1 fully saturated rings. The molecule has 0 bridgehead atoms. The van der Waals surface area contributed by atoms with Crippen molar-refractivity contribution in [1.29, 1.82) is 0 Å². The molecule has 0 aromatic heterocycles. The van der Waals surface area contributed by atoms with Gasteiger partial charge in [-0.3, -0.25) is 14.5 Å². The lowest BCUT2D eigenvalue weighted by Gasteiger charge is -2.25. The van der Waals surface area contributed by atoms with Crippen LogP contribution in [-0.2, 0) is 14.3 Å². The van der Waals surface area contributed by atoms with Crippen LogP contribution in [-0.4, -0.2) is 49.1 Å². The number of nitrogens with zero attached hydrogens (tertiary/aromatic N) is 1. The van der Waals surface area contributed by atoms with Crippen LogP contribution in [0, 0.1) is 0 Å². The van der Waals surface area contributed by atoms with E-state index in [-0.39, 0.29) is 17.9 Å². The molecule has 0 radical (unpaired) electrons. The van der Waals surface area contributed by atoms with Gasteiger partial charge in [0.25, 0.3) is 0 Å². The van der Waals surface area contributed by atoms with Crippen molar-refractivity contribution >= 4 is 11.9 Å². The summed E-state index contributed by atoms with van der Waals surface area (Å²) in [4.78, 5) is 24.7. The molecule has 17 heavy (non-hydrogen) atoms. The lowest BCUT2D eigenvalue weighted by molar-refractivity contribution is -0.141. The van der Waals surface area contributed by atoms with Gasteiger partial charge in [-0.1, -0.05) is 0 Å². The second kappa shape index (κ2) is 6.59. The van der Waals surface area contributed by atoms with Crippen molar-refractivity contribution in [2.75, 3.05) is 20.2 Å². The smallest absolute Gasteiger partial charge is 0.306 e. The van der Waals surface area contributed by atoms with Crippen molar-refractivity contribution < 1.29 is 14.3 Å². The van der Waals surface area contributed by atoms with Crippen molar-refractivity contribution in [1.82, 2.24) is 10.2 Å². The molecule has 5 heteroatoms. The van der Waals surface area contributed by atoms with Crippen LogP contribution >= 0.6 is 0 Å². The molecule has 1 rings (SSSR count). The number of carbonyl (C=O) groups is 2. The van der Waals surface area contributed by atoms with Crippen LogP contribution < -0.4 is 5.32 Å². The molecule has 0 aromatic carbocycles. The molecule has 1 amide bonds. The van der Waals surface area contributed by atoms with Gasteiger partial charge in [0, 0.05) is 18.6 Å². The summed E-state index contributed by atoms with van der Waals surface area (Å²) < 4.78 is 4.59. The number of ether oxygens (including phenoxy) is 1. The summed E-state index contributed by atoms with van der Waals surface area (Å²) in [5, 5.41) is 2.94. The van der Waals surface area contributed by atoms with E-state index in [1.54, 1.807) is 0 Å². The van der Waals surface area contributed by atoms with E-state index in [2.05, 4.69) is 10.1 Å². The highest BCUT2D eigenvalue weighted by atomic mass is 16.5. The van der Waals surface area contributed by atoms with Crippen LogP contribution in [0.3, 0.4) is 0 Å². The number of amides is 1. The maximum Gasteiger partial charge on any atom is 0.306 e. The average Bonchev–Trinajstić information content (AvgIpc) is 3.06. The highest BCUT2D eigenvalue weighted by Gasteiger charge is 2.24. The molecule has 98 valence electrons. The van der Waals surface area contributed by atoms with Gasteiger partial charge < -0.3 is 10.1 Å². The molecule has 5 nitrogen and oxygen atoms in total. The van der Waals surface area contributed by atoms with Gasteiger partial charge >= 0.3 is 5.97 Å². The summed E-state index contributed by atoms with van der Waals surface area (Å²) in [5.41, 5.74) is 0. The monoisotopic (exact) mass is 242 g/mol. The van der Waals surface area contributed by atoms with Crippen LogP contribution in [0.1, 0.15) is 33.1 Å². The van der Waals surface area contributed by atoms with Gasteiger partial charge in [-0.15, -0.1) is 0 Å². The first-order chi connectivity index (χ1) is 8.02. The third-order valence-corrected chi connectivity index (χ3v) is 2.85. The Balaban J connectivity index is 2.30. The molecule has 0 heterocycles. The normalized spacial score (nSPS) is 15.1. The van der Waals surface area contributed by atoms with Crippen molar-refractivity contribution in [3.63, 3.8) is 0 Å². The molecule has 0 aliphatic heterocycles. The SMILES string of the molecule is COC(=O)CCN(CC(=O)NC1CC1)C(C)C. The van der Waals surface area contributed by atoms with Gasteiger partial charge in [0.15, 0.2) is 0 Å². The predicted octanol–water partition coefficient (Wildman–Crippen LogP) is 0.539. The van der Waals surface area contributed by atoms with Gasteiger partial charge in [0.2, 0.25) is 5.91 Å². The third kappa shape index (κ3) is 5.68. The number of carbonyl (C=O) groups excluding carboxylic acids is 2. The molecule has 0 spiro atoms. The number of nitrogens with one attached hydrogen (secondary N) is 1. The van der Waals surface area contributed by atoms with E-state index in [4.69, 9.17) is 0 Å². The topological polar surface area (TPSA) is 58.6 Å². The fourth-order valence-electron chi connectivity index (χ4n) is 1.54. The van der Waals surface area contributed by atoms with Crippen LogP contribution in [0.5, 0.6) is 0 Å². The van der Waals surface area contributed by atoms with Crippen molar-refractivity contribution in [3.05, 3.63) is 0 Å². The molecule has 0 saturated heterocycles. The Morgan fingerprint density at radius 1 is 1.41 bits per heavy atom. The lowest BCUT2D eigenvalue weighted by Crippen LogP contribution is -2.42. The maximum atomic E-state index is 11.7. The quantitative estimate of drug-likeness (QED) is 0.662. The lowest BCUT2D eigenvalue weighted by atomic mass is 10.2. The van der Waals surface area contributed by atoms with Crippen LogP contribution in [0.4, 0.5) is 0 Å². The maximum absolute atomic E-state index is 11.7. The van der Waals surface area contributed by atoms with E-state index in [1.165, 1.54) is 7.11 Å². The zero-order chi connectivity index (χ0) is 12.8. The zero-order valence-electron chi connectivity index (χ0n) is 10.9. The van der Waals surface area contributed by atoms with E-state index in [1.807, 2.05) is 18.7 Å². The molecule has 0 unspecified atom stereocenters. The van der Waals surface area contributed by atoms with Crippen LogP contribution in [0.25, 0.3) is 0 Å². The summed E-state index contributed by atoms with van der Waals surface area (Å²) in [5.74, 6) is -0.190. The van der Waals surface area contributed by atoms with Crippen molar-refractivity contribution in [3.8, 4) is 0 Å². The Kier molecular flexibility index (Phi) is 5.41. The molecule has 1 saturated carbocycles. The molecule has 1 N–H and O–H groups in total. The summed E-state index contributed by atoms with van der Waals surface area (Å²) in [6, 6.07) is 0.627. The largest absolute Gasteiger partial charge is 0.469 e. The Labute approximate surface area is 102 Å². The number of esters is 1.